The number of aromatic nitrogens is 6. The maximum atomic E-state index is 5.91. The summed E-state index contributed by atoms with van der Waals surface area (Å²) in [4.78, 5) is 17.8. The molecule has 1 aliphatic rings. The number of aryl methyl sites for hydroxylation is 1. The summed E-state index contributed by atoms with van der Waals surface area (Å²) in [5.74, 6) is 3.19. The van der Waals surface area contributed by atoms with Gasteiger partial charge in [-0.05, 0) is 44.0 Å². The van der Waals surface area contributed by atoms with Gasteiger partial charge in [0.2, 0.25) is 17.1 Å². The number of rotatable bonds is 7. The Morgan fingerprint density at radius 3 is 2.52 bits per heavy atom. The van der Waals surface area contributed by atoms with Crippen molar-refractivity contribution in [2.45, 2.75) is 36.6 Å². The molecule has 2 aromatic carbocycles. The smallest absolute Gasteiger partial charge is 0.232 e. The third-order valence-electron chi connectivity index (χ3n) is 4.89. The summed E-state index contributed by atoms with van der Waals surface area (Å²) in [5.41, 5.74) is 9.02. The highest BCUT2D eigenvalue weighted by molar-refractivity contribution is 7.98. The van der Waals surface area contributed by atoms with Crippen LogP contribution in [-0.4, -0.2) is 29.7 Å². The van der Waals surface area contributed by atoms with Crippen LogP contribution in [0.4, 0.5) is 17.6 Å². The zero-order chi connectivity index (χ0) is 21.2. The fraction of sp³-hybridized carbons (Fsp3) is 0.227. The van der Waals surface area contributed by atoms with Crippen molar-refractivity contribution in [1.82, 2.24) is 29.7 Å². The van der Waals surface area contributed by atoms with Crippen molar-refractivity contribution in [2.75, 3.05) is 11.1 Å². The van der Waals surface area contributed by atoms with Gasteiger partial charge >= 0.3 is 0 Å². The van der Waals surface area contributed by atoms with E-state index >= 15 is 0 Å². The standard InChI is InChI=1S/C22H22N8S/c1-14-7-11-16(12-8-14)24-21-26-18(25-20(23)28-21)13-31-22-27-19(15-9-10-15)30(29-22)17-5-3-2-4-6-17/h2-8,11-12,15H,9-10,13H2,1H3,(H3,23,24,25,26,28). The Bertz CT molecular complexity index is 1190. The molecular formula is C22H22N8S. The third-order valence-corrected chi connectivity index (χ3v) is 5.73. The molecule has 5 rings (SSSR count). The van der Waals surface area contributed by atoms with Crippen molar-refractivity contribution in [2.24, 2.45) is 0 Å². The van der Waals surface area contributed by atoms with Gasteiger partial charge in [-0.3, -0.25) is 0 Å². The van der Waals surface area contributed by atoms with Gasteiger partial charge in [-0.2, -0.15) is 15.0 Å². The summed E-state index contributed by atoms with van der Waals surface area (Å²) in [5, 5.41) is 8.62. The molecule has 0 saturated heterocycles. The van der Waals surface area contributed by atoms with Crippen LogP contribution in [0.15, 0.2) is 59.8 Å². The van der Waals surface area contributed by atoms with Crippen LogP contribution in [0, 0.1) is 6.92 Å². The first-order valence-electron chi connectivity index (χ1n) is 10.1. The summed E-state index contributed by atoms with van der Waals surface area (Å²) in [6.45, 7) is 2.04. The van der Waals surface area contributed by atoms with Crippen molar-refractivity contribution >= 4 is 29.3 Å². The molecule has 0 atom stereocenters. The predicted octanol–water partition coefficient (Wildman–Crippen LogP) is 4.26. The Morgan fingerprint density at radius 1 is 1.00 bits per heavy atom. The Kier molecular flexibility index (Phi) is 5.25. The van der Waals surface area contributed by atoms with E-state index in [4.69, 9.17) is 15.8 Å². The highest BCUT2D eigenvalue weighted by Crippen LogP contribution is 2.40. The van der Waals surface area contributed by atoms with Crippen LogP contribution in [-0.2, 0) is 5.75 Å². The normalized spacial score (nSPS) is 13.3. The molecule has 1 saturated carbocycles. The molecule has 0 spiro atoms. The SMILES string of the molecule is Cc1ccc(Nc2nc(N)nc(CSc3nc(C4CC4)n(-c4ccccc4)n3)n2)cc1. The highest BCUT2D eigenvalue weighted by Gasteiger charge is 2.30. The lowest BCUT2D eigenvalue weighted by atomic mass is 10.2. The monoisotopic (exact) mass is 430 g/mol. The van der Waals surface area contributed by atoms with Crippen LogP contribution in [0.5, 0.6) is 0 Å². The molecule has 0 bridgehead atoms. The second kappa shape index (κ2) is 8.35. The van der Waals surface area contributed by atoms with Gasteiger partial charge in [-0.1, -0.05) is 47.7 Å². The topological polar surface area (TPSA) is 107 Å². The van der Waals surface area contributed by atoms with E-state index in [2.05, 4.69) is 20.3 Å². The Balaban J connectivity index is 1.33. The van der Waals surface area contributed by atoms with Crippen molar-refractivity contribution in [3.05, 3.63) is 71.8 Å². The Hall–Kier alpha value is -3.46. The van der Waals surface area contributed by atoms with E-state index in [-0.39, 0.29) is 5.95 Å². The van der Waals surface area contributed by atoms with Crippen LogP contribution in [0.1, 0.15) is 36.0 Å². The fourth-order valence-electron chi connectivity index (χ4n) is 3.18. The molecule has 0 aliphatic heterocycles. The zero-order valence-electron chi connectivity index (χ0n) is 17.1. The van der Waals surface area contributed by atoms with E-state index in [0.29, 0.717) is 28.6 Å². The van der Waals surface area contributed by atoms with Crippen LogP contribution in [0.25, 0.3) is 5.69 Å². The summed E-state index contributed by atoms with van der Waals surface area (Å²) in [6.07, 6.45) is 2.32. The van der Waals surface area contributed by atoms with Crippen molar-refractivity contribution < 1.29 is 0 Å². The number of anilines is 3. The number of nitrogen functional groups attached to an aromatic ring is 1. The molecule has 31 heavy (non-hydrogen) atoms. The number of thioether (sulfide) groups is 1. The minimum absolute atomic E-state index is 0.182. The summed E-state index contributed by atoms with van der Waals surface area (Å²) >= 11 is 1.49. The fourth-order valence-corrected chi connectivity index (χ4v) is 3.87. The van der Waals surface area contributed by atoms with Crippen molar-refractivity contribution in [3.63, 3.8) is 0 Å². The molecule has 2 aromatic heterocycles. The second-order valence-electron chi connectivity index (χ2n) is 7.49. The van der Waals surface area contributed by atoms with Crippen LogP contribution in [0.2, 0.25) is 0 Å². The minimum atomic E-state index is 0.182. The molecule has 2 heterocycles. The summed E-state index contributed by atoms with van der Waals surface area (Å²) in [6, 6.07) is 18.1. The molecule has 0 unspecified atom stereocenters. The highest BCUT2D eigenvalue weighted by atomic mass is 32.2. The number of nitrogens with zero attached hydrogens (tertiary/aromatic N) is 6. The number of para-hydroxylation sites is 1. The van der Waals surface area contributed by atoms with E-state index in [1.54, 1.807) is 0 Å². The first-order valence-corrected chi connectivity index (χ1v) is 11.1. The maximum Gasteiger partial charge on any atom is 0.232 e. The lowest BCUT2D eigenvalue weighted by Gasteiger charge is -2.07. The molecule has 9 heteroatoms. The largest absolute Gasteiger partial charge is 0.368 e. The lowest BCUT2D eigenvalue weighted by Crippen LogP contribution is -2.06. The third kappa shape index (κ3) is 4.66. The molecule has 4 aromatic rings. The zero-order valence-corrected chi connectivity index (χ0v) is 17.9. The molecule has 0 radical (unpaired) electrons. The Labute approximate surface area is 184 Å². The predicted molar refractivity (Wildman–Crippen MR) is 122 cm³/mol. The number of benzene rings is 2. The second-order valence-corrected chi connectivity index (χ2v) is 8.43. The summed E-state index contributed by atoms with van der Waals surface area (Å²) < 4.78 is 1.95. The Morgan fingerprint density at radius 2 is 1.77 bits per heavy atom. The number of hydrogen-bond donors (Lipinski definition) is 2. The quantitative estimate of drug-likeness (QED) is 0.419. The van der Waals surface area contributed by atoms with Crippen molar-refractivity contribution in [3.8, 4) is 5.69 Å². The van der Waals surface area contributed by atoms with Crippen LogP contribution in [0.3, 0.4) is 0 Å². The molecule has 3 N–H and O–H groups in total. The molecule has 8 nitrogen and oxygen atoms in total. The molecule has 1 fully saturated rings. The van der Waals surface area contributed by atoms with E-state index < -0.39 is 0 Å². The molecule has 1 aliphatic carbocycles. The van der Waals surface area contributed by atoms with Gasteiger partial charge < -0.3 is 11.1 Å². The number of nitrogens with two attached hydrogens (primary N) is 1. The molecule has 0 amide bonds. The number of nitrogens with one attached hydrogen (secondary N) is 1. The van der Waals surface area contributed by atoms with Crippen LogP contribution >= 0.6 is 11.8 Å². The summed E-state index contributed by atoms with van der Waals surface area (Å²) in [7, 11) is 0. The molecule has 156 valence electrons. The first kappa shape index (κ1) is 19.5. The molecular weight excluding hydrogens is 408 g/mol. The van der Waals surface area contributed by atoms with Gasteiger partial charge in [0.05, 0.1) is 11.4 Å². The lowest BCUT2D eigenvalue weighted by molar-refractivity contribution is 0.782. The van der Waals surface area contributed by atoms with E-state index in [1.165, 1.54) is 17.3 Å². The van der Waals surface area contributed by atoms with Crippen molar-refractivity contribution in [1.29, 1.82) is 0 Å². The average Bonchev–Trinajstić information content (AvgIpc) is 3.53. The van der Waals surface area contributed by atoms with Crippen LogP contribution < -0.4 is 11.1 Å². The van der Waals surface area contributed by atoms with E-state index in [1.807, 2.05) is 66.2 Å². The van der Waals surface area contributed by atoms with E-state index in [0.717, 1.165) is 30.0 Å². The van der Waals surface area contributed by atoms with Gasteiger partial charge in [-0.15, -0.1) is 5.10 Å². The first-order chi connectivity index (χ1) is 15.1. The van der Waals surface area contributed by atoms with E-state index in [9.17, 15) is 0 Å². The maximum absolute atomic E-state index is 5.91. The van der Waals surface area contributed by atoms with Gasteiger partial charge in [0, 0.05) is 11.6 Å². The minimum Gasteiger partial charge on any atom is -0.368 e. The number of hydrogen-bond acceptors (Lipinski definition) is 8. The van der Waals surface area contributed by atoms with Gasteiger partial charge in [0.1, 0.15) is 11.6 Å². The van der Waals surface area contributed by atoms with Gasteiger partial charge in [0.15, 0.2) is 0 Å². The van der Waals surface area contributed by atoms with Gasteiger partial charge in [0.25, 0.3) is 0 Å². The van der Waals surface area contributed by atoms with Gasteiger partial charge in [-0.25, -0.2) is 9.67 Å². The average molecular weight is 431 g/mol.